The van der Waals surface area contributed by atoms with Gasteiger partial charge in [0.15, 0.2) is 0 Å². The van der Waals surface area contributed by atoms with E-state index in [0.717, 1.165) is 23.4 Å². The average molecular weight is 394 g/mol. The Morgan fingerprint density at radius 1 is 0.786 bits per heavy atom. The van der Waals surface area contributed by atoms with E-state index in [9.17, 15) is 8.42 Å². The molecule has 2 aromatic carbocycles. The Labute approximate surface area is 166 Å². The summed E-state index contributed by atoms with van der Waals surface area (Å²) in [6.45, 7) is 3.11. The predicted octanol–water partition coefficient (Wildman–Crippen LogP) is 3.26. The zero-order chi connectivity index (χ0) is 19.4. The monoisotopic (exact) mass is 393 g/mol. The lowest BCUT2D eigenvalue weighted by molar-refractivity contribution is 0.180. The van der Waals surface area contributed by atoms with E-state index in [1.54, 1.807) is 22.6 Å². The molecule has 4 rings (SSSR count). The van der Waals surface area contributed by atoms with Crippen molar-refractivity contribution in [3.63, 3.8) is 0 Å². The van der Waals surface area contributed by atoms with Gasteiger partial charge in [0.2, 0.25) is 10.0 Å². The maximum Gasteiger partial charge on any atom is 0.243 e. The van der Waals surface area contributed by atoms with E-state index < -0.39 is 10.0 Å². The minimum atomic E-state index is -3.55. The van der Waals surface area contributed by atoms with Crippen molar-refractivity contribution < 1.29 is 8.42 Å². The summed E-state index contributed by atoms with van der Waals surface area (Å²) >= 11 is 0. The van der Waals surface area contributed by atoms with Gasteiger partial charge in [0.25, 0.3) is 0 Å². The number of hydrogen-bond donors (Lipinski definition) is 0. The zero-order valence-electron chi connectivity index (χ0n) is 15.6. The van der Waals surface area contributed by atoms with Gasteiger partial charge in [-0.25, -0.2) is 8.42 Å². The van der Waals surface area contributed by atoms with Crippen LogP contribution in [0.2, 0.25) is 0 Å². The second kappa shape index (κ2) is 8.22. The number of hydrogen-bond acceptors (Lipinski definition) is 4. The maximum absolute atomic E-state index is 13.3. The van der Waals surface area contributed by atoms with Crippen molar-refractivity contribution in [3.05, 3.63) is 84.7 Å². The van der Waals surface area contributed by atoms with Crippen LogP contribution >= 0.6 is 0 Å². The Bertz CT molecular complexity index is 1020. The highest BCUT2D eigenvalue weighted by atomic mass is 32.2. The van der Waals surface area contributed by atoms with E-state index in [2.05, 4.69) is 9.88 Å². The van der Waals surface area contributed by atoms with Crippen LogP contribution in [0, 0.1) is 0 Å². The number of sulfonamides is 1. The van der Waals surface area contributed by atoms with E-state index >= 15 is 0 Å². The molecule has 28 heavy (non-hydrogen) atoms. The standard InChI is InChI=1S/C22H23N3O2S/c26-28(27,22-12-5-4-11-21(22)19-8-2-1-3-9-19)25-16-14-24(15-17-25)18-20-10-6-7-13-23-20/h1-13H,14-18H2. The van der Waals surface area contributed by atoms with Crippen molar-refractivity contribution in [2.45, 2.75) is 11.4 Å². The van der Waals surface area contributed by atoms with Gasteiger partial charge in [-0.3, -0.25) is 9.88 Å². The second-order valence-corrected chi connectivity index (χ2v) is 8.77. The molecule has 0 aliphatic carbocycles. The molecule has 1 aliphatic rings. The molecular weight excluding hydrogens is 370 g/mol. The van der Waals surface area contributed by atoms with Gasteiger partial charge in [0.1, 0.15) is 0 Å². The Hall–Kier alpha value is -2.54. The molecule has 0 bridgehead atoms. The lowest BCUT2D eigenvalue weighted by Gasteiger charge is -2.34. The lowest BCUT2D eigenvalue weighted by Crippen LogP contribution is -2.48. The fourth-order valence-electron chi connectivity index (χ4n) is 3.54. The van der Waals surface area contributed by atoms with Gasteiger partial charge in [-0.1, -0.05) is 54.6 Å². The Balaban J connectivity index is 1.51. The summed E-state index contributed by atoms with van der Waals surface area (Å²) in [6, 6.07) is 22.8. The highest BCUT2D eigenvalue weighted by Crippen LogP contribution is 2.29. The maximum atomic E-state index is 13.3. The van der Waals surface area contributed by atoms with E-state index in [4.69, 9.17) is 0 Å². The van der Waals surface area contributed by atoms with Gasteiger partial charge in [0.05, 0.1) is 10.6 Å². The summed E-state index contributed by atoms with van der Waals surface area (Å²) in [7, 11) is -3.55. The number of aromatic nitrogens is 1. The van der Waals surface area contributed by atoms with Gasteiger partial charge in [-0.15, -0.1) is 0 Å². The third kappa shape index (κ3) is 3.99. The molecule has 0 atom stereocenters. The van der Waals surface area contributed by atoms with E-state index in [-0.39, 0.29) is 0 Å². The van der Waals surface area contributed by atoms with Crippen LogP contribution in [0.4, 0.5) is 0 Å². The molecule has 3 aromatic rings. The van der Waals surface area contributed by atoms with E-state index in [1.165, 1.54) is 0 Å². The number of rotatable bonds is 5. The molecule has 1 aliphatic heterocycles. The molecule has 5 nitrogen and oxygen atoms in total. The van der Waals surface area contributed by atoms with Crippen molar-refractivity contribution in [3.8, 4) is 11.1 Å². The molecule has 0 spiro atoms. The van der Waals surface area contributed by atoms with Crippen LogP contribution in [-0.2, 0) is 16.6 Å². The summed E-state index contributed by atoms with van der Waals surface area (Å²) < 4.78 is 28.3. The number of pyridine rings is 1. The van der Waals surface area contributed by atoms with Crippen LogP contribution < -0.4 is 0 Å². The van der Waals surface area contributed by atoms with Crippen molar-refractivity contribution in [1.29, 1.82) is 0 Å². The molecule has 0 saturated carbocycles. The summed E-state index contributed by atoms with van der Waals surface area (Å²) in [5, 5.41) is 0. The van der Waals surface area contributed by atoms with Gasteiger partial charge in [0, 0.05) is 44.5 Å². The fourth-order valence-corrected chi connectivity index (χ4v) is 5.17. The highest BCUT2D eigenvalue weighted by molar-refractivity contribution is 7.89. The summed E-state index contributed by atoms with van der Waals surface area (Å²) in [5.41, 5.74) is 2.67. The molecule has 1 saturated heterocycles. The molecule has 2 heterocycles. The molecule has 6 heteroatoms. The van der Waals surface area contributed by atoms with E-state index in [1.807, 2.05) is 60.7 Å². The normalized spacial score (nSPS) is 16.1. The van der Waals surface area contributed by atoms with Crippen molar-refractivity contribution in [2.75, 3.05) is 26.2 Å². The number of benzene rings is 2. The lowest BCUT2D eigenvalue weighted by atomic mass is 10.1. The largest absolute Gasteiger partial charge is 0.295 e. The first-order valence-electron chi connectivity index (χ1n) is 9.41. The Morgan fingerprint density at radius 2 is 1.46 bits per heavy atom. The van der Waals surface area contributed by atoms with Crippen molar-refractivity contribution in [2.24, 2.45) is 0 Å². The minimum absolute atomic E-state index is 0.374. The van der Waals surface area contributed by atoms with Gasteiger partial charge < -0.3 is 0 Å². The van der Waals surface area contributed by atoms with E-state index in [0.29, 0.717) is 31.1 Å². The summed E-state index contributed by atoms with van der Waals surface area (Å²) in [6.07, 6.45) is 1.79. The summed E-state index contributed by atoms with van der Waals surface area (Å²) in [4.78, 5) is 6.98. The zero-order valence-corrected chi connectivity index (χ0v) is 16.4. The molecule has 1 aromatic heterocycles. The molecule has 144 valence electrons. The van der Waals surface area contributed by atoms with Crippen LogP contribution in [0.25, 0.3) is 11.1 Å². The first-order valence-corrected chi connectivity index (χ1v) is 10.9. The first kappa shape index (κ1) is 18.8. The third-order valence-corrected chi connectivity index (χ3v) is 6.99. The number of nitrogens with zero attached hydrogens (tertiary/aromatic N) is 3. The second-order valence-electron chi connectivity index (χ2n) is 6.86. The van der Waals surface area contributed by atoms with Crippen LogP contribution in [0.3, 0.4) is 0 Å². The first-order chi connectivity index (χ1) is 13.6. The topological polar surface area (TPSA) is 53.5 Å². The van der Waals surface area contributed by atoms with Crippen LogP contribution in [0.1, 0.15) is 5.69 Å². The molecule has 1 fully saturated rings. The molecule has 0 amide bonds. The quantitative estimate of drug-likeness (QED) is 0.668. The van der Waals surface area contributed by atoms with Gasteiger partial charge in [-0.2, -0.15) is 4.31 Å². The number of piperazine rings is 1. The smallest absolute Gasteiger partial charge is 0.243 e. The molecular formula is C22H23N3O2S. The van der Waals surface area contributed by atoms with Gasteiger partial charge >= 0.3 is 0 Å². The van der Waals surface area contributed by atoms with Crippen LogP contribution in [-0.4, -0.2) is 48.8 Å². The SMILES string of the molecule is O=S(=O)(c1ccccc1-c1ccccc1)N1CCN(Cc2ccccn2)CC1. The highest BCUT2D eigenvalue weighted by Gasteiger charge is 2.30. The molecule has 0 radical (unpaired) electrons. The molecule has 0 unspecified atom stereocenters. The third-order valence-electron chi connectivity index (χ3n) is 5.03. The Morgan fingerprint density at radius 3 is 2.18 bits per heavy atom. The summed E-state index contributed by atoms with van der Waals surface area (Å²) in [5.74, 6) is 0. The average Bonchev–Trinajstić information content (AvgIpc) is 2.75. The predicted molar refractivity (Wildman–Crippen MR) is 110 cm³/mol. The van der Waals surface area contributed by atoms with Crippen LogP contribution in [0.5, 0.6) is 0 Å². The molecule has 0 N–H and O–H groups in total. The van der Waals surface area contributed by atoms with Gasteiger partial charge in [-0.05, 0) is 23.8 Å². The Kier molecular flexibility index (Phi) is 5.52. The minimum Gasteiger partial charge on any atom is -0.295 e. The van der Waals surface area contributed by atoms with Crippen LogP contribution in [0.15, 0.2) is 83.9 Å². The van der Waals surface area contributed by atoms with Crippen molar-refractivity contribution in [1.82, 2.24) is 14.2 Å². The van der Waals surface area contributed by atoms with Crippen molar-refractivity contribution >= 4 is 10.0 Å². The fraction of sp³-hybridized carbons (Fsp3) is 0.227.